The zero-order valence-corrected chi connectivity index (χ0v) is 10.0. The number of nitrogens with zero attached hydrogens (tertiary/aromatic N) is 1. The Balaban J connectivity index is 1.84. The van der Waals surface area contributed by atoms with Gasteiger partial charge in [-0.3, -0.25) is 0 Å². The van der Waals surface area contributed by atoms with Crippen molar-refractivity contribution in [3.05, 3.63) is 40.6 Å². The number of aromatic nitrogens is 2. The molecule has 0 saturated carbocycles. The molecule has 16 heavy (non-hydrogen) atoms. The van der Waals surface area contributed by atoms with Crippen LogP contribution in [-0.4, -0.2) is 15.1 Å². The Morgan fingerprint density at radius 2 is 2.38 bits per heavy atom. The number of aromatic amines is 1. The van der Waals surface area contributed by atoms with Crippen molar-refractivity contribution in [2.45, 2.75) is 12.5 Å². The lowest BCUT2D eigenvalue weighted by Crippen LogP contribution is -2.00. The molecule has 0 saturated heterocycles. The summed E-state index contributed by atoms with van der Waals surface area (Å²) in [4.78, 5) is 8.13. The number of aliphatic hydroxyl groups is 1. The number of hydrogen-bond acceptors (Lipinski definition) is 4. The molecular weight excluding hydrogens is 240 g/mol. The zero-order chi connectivity index (χ0) is 11.0. The van der Waals surface area contributed by atoms with Crippen LogP contribution in [0.1, 0.15) is 16.8 Å². The van der Waals surface area contributed by atoms with E-state index in [2.05, 4.69) is 27.5 Å². The highest BCUT2D eigenvalue weighted by molar-refractivity contribution is 7.26. The van der Waals surface area contributed by atoms with Gasteiger partial charge < -0.3 is 10.1 Å². The van der Waals surface area contributed by atoms with E-state index in [1.807, 2.05) is 0 Å². The molecule has 3 aromatic rings. The summed E-state index contributed by atoms with van der Waals surface area (Å²) in [5.74, 6) is 0.823. The maximum absolute atomic E-state index is 10.1. The largest absolute Gasteiger partial charge is 0.387 e. The number of fused-ring (bicyclic) bond motifs is 1. The van der Waals surface area contributed by atoms with Crippen LogP contribution in [0.5, 0.6) is 0 Å². The number of H-pyrrole nitrogens is 1. The van der Waals surface area contributed by atoms with Crippen LogP contribution in [0.25, 0.3) is 9.40 Å². The molecule has 0 radical (unpaired) electrons. The van der Waals surface area contributed by atoms with Gasteiger partial charge in [-0.25, -0.2) is 4.98 Å². The number of aliphatic hydroxyl groups excluding tert-OH is 1. The molecule has 0 spiro atoms. The van der Waals surface area contributed by atoms with Gasteiger partial charge in [0.2, 0.25) is 0 Å². The minimum Gasteiger partial charge on any atom is -0.387 e. The molecule has 82 valence electrons. The van der Waals surface area contributed by atoms with Crippen molar-refractivity contribution in [2.24, 2.45) is 0 Å². The molecule has 2 N–H and O–H groups in total. The van der Waals surface area contributed by atoms with Gasteiger partial charge in [0.25, 0.3) is 0 Å². The molecule has 3 heterocycles. The van der Waals surface area contributed by atoms with Crippen LogP contribution >= 0.6 is 22.7 Å². The molecule has 0 aliphatic heterocycles. The average Bonchev–Trinajstić information content (AvgIpc) is 2.91. The first-order valence-corrected chi connectivity index (χ1v) is 6.66. The van der Waals surface area contributed by atoms with Gasteiger partial charge in [-0.2, -0.15) is 0 Å². The van der Waals surface area contributed by atoms with E-state index in [-0.39, 0.29) is 0 Å². The Labute approximate surface area is 100 Å². The Morgan fingerprint density at radius 3 is 3.12 bits per heavy atom. The lowest BCUT2D eigenvalue weighted by atomic mass is 10.2. The molecule has 0 amide bonds. The quantitative estimate of drug-likeness (QED) is 0.751. The summed E-state index contributed by atoms with van der Waals surface area (Å²) < 4.78 is 2.50. The van der Waals surface area contributed by atoms with Crippen LogP contribution in [0, 0.1) is 0 Å². The third-order valence-electron chi connectivity index (χ3n) is 2.43. The fourth-order valence-electron chi connectivity index (χ4n) is 1.64. The van der Waals surface area contributed by atoms with Crippen LogP contribution in [0.4, 0.5) is 0 Å². The topological polar surface area (TPSA) is 48.9 Å². The average molecular weight is 250 g/mol. The Bertz CT molecular complexity index is 553. The molecule has 0 aromatic carbocycles. The predicted molar refractivity (Wildman–Crippen MR) is 67.0 cm³/mol. The lowest BCUT2D eigenvalue weighted by molar-refractivity contribution is 0.180. The molecular formula is C11H10N2OS2. The molecule has 1 unspecified atom stereocenters. The normalized spacial score (nSPS) is 13.3. The molecule has 0 bridgehead atoms. The highest BCUT2D eigenvalue weighted by Crippen LogP contribution is 2.34. The van der Waals surface area contributed by atoms with Gasteiger partial charge >= 0.3 is 0 Å². The Kier molecular flexibility index (Phi) is 2.51. The van der Waals surface area contributed by atoms with E-state index in [1.165, 1.54) is 9.40 Å². The number of rotatable bonds is 3. The number of imidazole rings is 1. The highest BCUT2D eigenvalue weighted by atomic mass is 32.1. The summed E-state index contributed by atoms with van der Waals surface area (Å²) in [6.07, 6.45) is 3.56. The van der Waals surface area contributed by atoms with Crippen molar-refractivity contribution in [3.8, 4) is 0 Å². The van der Waals surface area contributed by atoms with E-state index in [0.29, 0.717) is 6.42 Å². The molecule has 5 heteroatoms. The van der Waals surface area contributed by atoms with Crippen molar-refractivity contribution in [2.75, 3.05) is 0 Å². The smallest absolute Gasteiger partial charge is 0.108 e. The molecule has 0 fully saturated rings. The van der Waals surface area contributed by atoms with E-state index in [0.717, 1.165) is 10.7 Å². The van der Waals surface area contributed by atoms with Gasteiger partial charge in [0.15, 0.2) is 0 Å². The summed E-state index contributed by atoms with van der Waals surface area (Å²) in [6, 6.07) is 4.16. The fraction of sp³-hybridized carbons (Fsp3) is 0.182. The van der Waals surface area contributed by atoms with Crippen LogP contribution < -0.4 is 0 Å². The first-order chi connectivity index (χ1) is 7.83. The fourth-order valence-corrected chi connectivity index (χ4v) is 3.75. The minimum atomic E-state index is -0.462. The molecule has 1 atom stereocenters. The van der Waals surface area contributed by atoms with E-state index >= 15 is 0 Å². The summed E-state index contributed by atoms with van der Waals surface area (Å²) in [5.41, 5.74) is 0. The van der Waals surface area contributed by atoms with Gasteiger partial charge in [-0.05, 0) is 17.5 Å². The summed E-state index contributed by atoms with van der Waals surface area (Å²) in [7, 11) is 0. The van der Waals surface area contributed by atoms with E-state index in [9.17, 15) is 5.11 Å². The van der Waals surface area contributed by atoms with Gasteiger partial charge in [0.1, 0.15) is 5.82 Å². The number of thiophene rings is 2. The molecule has 3 nitrogen and oxygen atoms in total. The van der Waals surface area contributed by atoms with Gasteiger partial charge in [0, 0.05) is 33.1 Å². The Morgan fingerprint density at radius 1 is 1.44 bits per heavy atom. The van der Waals surface area contributed by atoms with E-state index < -0.39 is 6.10 Å². The zero-order valence-electron chi connectivity index (χ0n) is 8.38. The van der Waals surface area contributed by atoms with Crippen LogP contribution in [0.2, 0.25) is 0 Å². The monoisotopic (exact) mass is 250 g/mol. The van der Waals surface area contributed by atoms with Crippen LogP contribution in [0.3, 0.4) is 0 Å². The van der Waals surface area contributed by atoms with Gasteiger partial charge in [-0.15, -0.1) is 22.7 Å². The highest BCUT2D eigenvalue weighted by Gasteiger charge is 2.13. The maximum Gasteiger partial charge on any atom is 0.108 e. The van der Waals surface area contributed by atoms with Crippen molar-refractivity contribution in [1.82, 2.24) is 9.97 Å². The van der Waals surface area contributed by atoms with Crippen molar-refractivity contribution >= 4 is 32.1 Å². The number of nitrogens with one attached hydrogen (secondary N) is 1. The molecule has 0 aliphatic rings. The summed E-state index contributed by atoms with van der Waals surface area (Å²) in [6.45, 7) is 0. The van der Waals surface area contributed by atoms with Gasteiger partial charge in [0.05, 0.1) is 6.10 Å². The first-order valence-electron chi connectivity index (χ1n) is 4.96. The van der Waals surface area contributed by atoms with Crippen LogP contribution in [0.15, 0.2) is 29.9 Å². The first kappa shape index (κ1) is 10.0. The Hall–Kier alpha value is -1.17. The SMILES string of the molecule is OC(Cc1ncc[nH]1)c1cc2sccc2s1. The third-order valence-corrected chi connectivity index (χ3v) is 4.62. The minimum absolute atomic E-state index is 0.462. The molecule has 3 rings (SSSR count). The van der Waals surface area contributed by atoms with Crippen molar-refractivity contribution in [3.63, 3.8) is 0 Å². The van der Waals surface area contributed by atoms with Crippen molar-refractivity contribution < 1.29 is 5.11 Å². The molecule has 3 aromatic heterocycles. The van der Waals surface area contributed by atoms with Gasteiger partial charge in [-0.1, -0.05) is 0 Å². The van der Waals surface area contributed by atoms with E-state index in [1.54, 1.807) is 35.1 Å². The maximum atomic E-state index is 10.1. The summed E-state index contributed by atoms with van der Waals surface area (Å²) in [5, 5.41) is 12.1. The number of hydrogen-bond donors (Lipinski definition) is 2. The second kappa shape index (κ2) is 4.01. The standard InChI is InChI=1S/C11H10N2OS2/c14-7(5-11-12-2-3-13-11)9-6-10-8(16-9)1-4-15-10/h1-4,6-7,14H,5H2,(H,12,13). The predicted octanol–water partition coefficient (Wildman–Crippen LogP) is 2.96. The third kappa shape index (κ3) is 1.77. The lowest BCUT2D eigenvalue weighted by Gasteiger charge is -2.05. The molecule has 0 aliphatic carbocycles. The van der Waals surface area contributed by atoms with Crippen LogP contribution in [-0.2, 0) is 6.42 Å². The van der Waals surface area contributed by atoms with Crippen molar-refractivity contribution in [1.29, 1.82) is 0 Å². The van der Waals surface area contributed by atoms with E-state index in [4.69, 9.17) is 0 Å². The summed E-state index contributed by atoms with van der Waals surface area (Å²) >= 11 is 3.36. The second-order valence-corrected chi connectivity index (χ2v) is 5.62. The second-order valence-electron chi connectivity index (χ2n) is 3.55.